The third-order valence-electron chi connectivity index (χ3n) is 5.49. The highest BCUT2D eigenvalue weighted by molar-refractivity contribution is 6.30. The van der Waals surface area contributed by atoms with Crippen molar-refractivity contribution in [2.75, 3.05) is 49.7 Å². The number of hydrogen-bond donors (Lipinski definition) is 1. The van der Waals surface area contributed by atoms with Crippen molar-refractivity contribution in [3.63, 3.8) is 0 Å². The van der Waals surface area contributed by atoms with Crippen LogP contribution in [0.3, 0.4) is 0 Å². The van der Waals surface area contributed by atoms with Gasteiger partial charge in [0.2, 0.25) is 0 Å². The largest absolute Gasteiger partial charge is 0.369 e. The Hall–Kier alpha value is -2.50. The van der Waals surface area contributed by atoms with Crippen LogP contribution in [0.25, 0.3) is 6.08 Å². The van der Waals surface area contributed by atoms with Crippen LogP contribution in [0.1, 0.15) is 5.56 Å². The summed E-state index contributed by atoms with van der Waals surface area (Å²) in [6, 6.07) is 15.7. The lowest BCUT2D eigenvalue weighted by atomic mass is 10.1. The van der Waals surface area contributed by atoms with Gasteiger partial charge in [0, 0.05) is 48.3 Å². The average molecular weight is 397 g/mol. The minimum Gasteiger partial charge on any atom is -0.369 e. The summed E-state index contributed by atoms with van der Waals surface area (Å²) in [4.78, 5) is 18.7. The Morgan fingerprint density at radius 1 is 1.04 bits per heavy atom. The maximum Gasteiger partial charge on any atom is 0.148 e. The zero-order chi connectivity index (χ0) is 19.5. The molecule has 2 heterocycles. The molecule has 2 fully saturated rings. The monoisotopic (exact) mass is 396 g/mol. The number of rotatable bonds is 4. The third kappa shape index (κ3) is 3.86. The molecule has 0 spiro atoms. The first-order valence-corrected chi connectivity index (χ1v) is 9.99. The molecule has 0 radical (unpaired) electrons. The number of nitrogens with one attached hydrogen (secondary N) is 1. The lowest BCUT2D eigenvalue weighted by Gasteiger charge is -2.35. The fraction of sp³-hybridized carbons (Fsp3) is 0.318. The maximum atomic E-state index is 11.9. The van der Waals surface area contributed by atoms with Crippen molar-refractivity contribution < 1.29 is 4.79 Å². The highest BCUT2D eigenvalue weighted by Crippen LogP contribution is 2.28. The van der Waals surface area contributed by atoms with E-state index in [2.05, 4.69) is 46.4 Å². The number of piperazine rings is 1. The second-order valence-corrected chi connectivity index (χ2v) is 7.75. The van der Waals surface area contributed by atoms with Crippen LogP contribution in [-0.4, -0.2) is 57.1 Å². The fourth-order valence-electron chi connectivity index (χ4n) is 3.83. The first-order valence-electron chi connectivity index (χ1n) is 9.61. The zero-order valence-electron chi connectivity index (χ0n) is 16.0. The van der Waals surface area contributed by atoms with E-state index in [0.29, 0.717) is 11.7 Å². The topological polar surface area (TPSA) is 38.8 Å². The van der Waals surface area contributed by atoms with Crippen molar-refractivity contribution in [2.45, 2.75) is 6.04 Å². The molecule has 1 unspecified atom stereocenters. The van der Waals surface area contributed by atoms with Gasteiger partial charge in [-0.1, -0.05) is 29.8 Å². The normalized spacial score (nSPS) is 21.8. The Morgan fingerprint density at radius 2 is 1.75 bits per heavy atom. The lowest BCUT2D eigenvalue weighted by Crippen LogP contribution is -2.44. The number of halogens is 1. The van der Waals surface area contributed by atoms with Crippen molar-refractivity contribution in [1.29, 1.82) is 0 Å². The number of aldehydes is 1. The molecule has 2 saturated heterocycles. The number of nitrogens with zero attached hydrogens (tertiary/aromatic N) is 3. The molecule has 4 rings (SSSR count). The van der Waals surface area contributed by atoms with E-state index in [1.165, 1.54) is 5.69 Å². The molecule has 0 bridgehead atoms. The molecule has 1 N–H and O–H groups in total. The number of carbonyl (C=O) groups excluding carboxylic acids is 1. The Morgan fingerprint density at radius 3 is 2.46 bits per heavy atom. The number of benzene rings is 2. The van der Waals surface area contributed by atoms with Crippen LogP contribution >= 0.6 is 11.6 Å². The van der Waals surface area contributed by atoms with Gasteiger partial charge in [0.1, 0.15) is 12.3 Å². The van der Waals surface area contributed by atoms with Crippen LogP contribution in [0, 0.1) is 0 Å². The summed E-state index contributed by atoms with van der Waals surface area (Å²) in [7, 11) is 2.16. The van der Waals surface area contributed by atoms with Gasteiger partial charge in [-0.25, -0.2) is 0 Å². The quantitative estimate of drug-likeness (QED) is 0.804. The third-order valence-corrected chi connectivity index (χ3v) is 5.74. The molecule has 5 nitrogen and oxygen atoms in total. The van der Waals surface area contributed by atoms with Crippen LogP contribution in [0.5, 0.6) is 0 Å². The summed E-state index contributed by atoms with van der Waals surface area (Å²) in [5.41, 5.74) is 4.26. The molecule has 2 aromatic carbocycles. The van der Waals surface area contributed by atoms with Crippen molar-refractivity contribution in [3.8, 4) is 0 Å². The average Bonchev–Trinajstić information content (AvgIpc) is 3.12. The van der Waals surface area contributed by atoms with Gasteiger partial charge < -0.3 is 24.8 Å². The van der Waals surface area contributed by atoms with Crippen molar-refractivity contribution in [3.05, 3.63) is 64.8 Å². The Kier molecular flexibility index (Phi) is 5.55. The first kappa shape index (κ1) is 18.8. The van der Waals surface area contributed by atoms with Gasteiger partial charge in [0.05, 0.1) is 6.67 Å². The van der Waals surface area contributed by atoms with Gasteiger partial charge in [-0.3, -0.25) is 0 Å². The van der Waals surface area contributed by atoms with Gasteiger partial charge >= 0.3 is 0 Å². The summed E-state index contributed by atoms with van der Waals surface area (Å²) in [6.45, 7) is 4.73. The molecule has 2 aliphatic rings. The number of carbonyl (C=O) groups is 1. The number of hydrogen-bond acceptors (Lipinski definition) is 5. The van der Waals surface area contributed by atoms with Crippen molar-refractivity contribution in [2.24, 2.45) is 0 Å². The summed E-state index contributed by atoms with van der Waals surface area (Å²) >= 11 is 6.00. The first-order chi connectivity index (χ1) is 13.7. The van der Waals surface area contributed by atoms with Crippen LogP contribution in [0.4, 0.5) is 11.4 Å². The highest BCUT2D eigenvalue weighted by atomic mass is 35.5. The second-order valence-electron chi connectivity index (χ2n) is 7.31. The summed E-state index contributed by atoms with van der Waals surface area (Å²) < 4.78 is 0. The van der Waals surface area contributed by atoms with E-state index in [4.69, 9.17) is 11.6 Å². The number of anilines is 2. The zero-order valence-corrected chi connectivity index (χ0v) is 16.8. The Balaban J connectivity index is 1.60. The van der Waals surface area contributed by atoms with E-state index in [0.717, 1.165) is 49.4 Å². The molecule has 0 amide bonds. The molecule has 0 aliphatic carbocycles. The van der Waals surface area contributed by atoms with Crippen molar-refractivity contribution in [1.82, 2.24) is 10.2 Å². The van der Waals surface area contributed by atoms with E-state index in [1.54, 1.807) is 0 Å². The molecule has 6 heteroatoms. The van der Waals surface area contributed by atoms with Crippen molar-refractivity contribution >= 4 is 35.3 Å². The summed E-state index contributed by atoms with van der Waals surface area (Å²) in [5.74, 6) is 0. The molecule has 2 aliphatic heterocycles. The Labute approximate surface area is 171 Å². The van der Waals surface area contributed by atoms with E-state index in [9.17, 15) is 4.79 Å². The highest BCUT2D eigenvalue weighted by Gasteiger charge is 2.29. The maximum absolute atomic E-state index is 11.9. The smallest absolute Gasteiger partial charge is 0.148 e. The Bertz CT molecular complexity index is 859. The van der Waals surface area contributed by atoms with E-state index >= 15 is 0 Å². The van der Waals surface area contributed by atoms with Crippen LogP contribution in [0.2, 0.25) is 5.02 Å². The molecule has 28 heavy (non-hydrogen) atoms. The predicted molar refractivity (Wildman–Crippen MR) is 116 cm³/mol. The van der Waals surface area contributed by atoms with Gasteiger partial charge in [0.15, 0.2) is 0 Å². The molecule has 146 valence electrons. The fourth-order valence-corrected chi connectivity index (χ4v) is 3.95. The summed E-state index contributed by atoms with van der Waals surface area (Å²) in [6.07, 6.45) is 3.11. The van der Waals surface area contributed by atoms with E-state index in [-0.39, 0.29) is 6.04 Å². The van der Waals surface area contributed by atoms with Crippen LogP contribution < -0.4 is 15.1 Å². The molecular formula is C22H25ClN4O. The molecular weight excluding hydrogens is 372 g/mol. The van der Waals surface area contributed by atoms with Crippen LogP contribution in [-0.2, 0) is 4.79 Å². The van der Waals surface area contributed by atoms with Gasteiger partial charge in [-0.05, 0) is 49.0 Å². The van der Waals surface area contributed by atoms with Gasteiger partial charge in [-0.15, -0.1) is 0 Å². The predicted octanol–water partition coefficient (Wildman–Crippen LogP) is 3.07. The summed E-state index contributed by atoms with van der Waals surface area (Å²) in [5, 5.41) is 4.09. The van der Waals surface area contributed by atoms with E-state index in [1.807, 2.05) is 35.2 Å². The second kappa shape index (κ2) is 8.25. The molecule has 0 aromatic heterocycles. The lowest BCUT2D eigenvalue weighted by molar-refractivity contribution is -0.108. The minimum absolute atomic E-state index is 0.332. The minimum atomic E-state index is -0.332. The molecule has 2 aromatic rings. The molecule has 1 atom stereocenters. The standard InChI is InChI=1S/C22H25ClN4O/c1-25-10-12-26(13-11-25)21-5-3-2-4-17(21)14-20-22(15-28)27(16-24-20)19-8-6-18(23)7-9-19/h2-9,14-15,22,24H,10-13,16H2,1H3. The molecule has 0 saturated carbocycles. The van der Waals surface area contributed by atoms with Gasteiger partial charge in [0.25, 0.3) is 0 Å². The van der Waals surface area contributed by atoms with Gasteiger partial charge in [-0.2, -0.15) is 0 Å². The number of likely N-dealkylation sites (N-methyl/N-ethyl adjacent to an activating group) is 1. The SMILES string of the molecule is CN1CCN(c2ccccc2C=C2NCN(c3ccc(Cl)cc3)C2C=O)CC1. The van der Waals surface area contributed by atoms with E-state index < -0.39 is 0 Å². The van der Waals surface area contributed by atoms with Crippen LogP contribution in [0.15, 0.2) is 54.2 Å². The number of para-hydroxylation sites is 1.